The standard InChI is InChI=1S/C23H20O2/c1-3-10-19(11-4-1)22(20-12-5-2-6-13-20)15-16-24-23(22)17-18-9-7-8-14-21(18)25-23/h1-14H,15-17H2. The molecule has 124 valence electrons. The van der Waals surface area contributed by atoms with E-state index in [1.807, 2.05) is 12.1 Å². The Morgan fingerprint density at radius 1 is 0.680 bits per heavy atom. The van der Waals surface area contributed by atoms with Crippen LogP contribution in [0.25, 0.3) is 0 Å². The monoisotopic (exact) mass is 328 g/mol. The lowest BCUT2D eigenvalue weighted by molar-refractivity contribution is -0.161. The first-order chi connectivity index (χ1) is 12.3. The lowest BCUT2D eigenvalue weighted by Crippen LogP contribution is -2.53. The molecule has 0 radical (unpaired) electrons. The van der Waals surface area contributed by atoms with Crippen LogP contribution in [0, 0.1) is 0 Å². The summed E-state index contributed by atoms with van der Waals surface area (Å²) in [6.07, 6.45) is 1.68. The first kappa shape index (κ1) is 14.7. The van der Waals surface area contributed by atoms with Crippen LogP contribution in [0.5, 0.6) is 5.75 Å². The van der Waals surface area contributed by atoms with Crippen LogP contribution in [0.15, 0.2) is 84.9 Å². The van der Waals surface area contributed by atoms with Crippen LogP contribution in [0.1, 0.15) is 23.1 Å². The molecule has 5 rings (SSSR count). The van der Waals surface area contributed by atoms with E-state index in [-0.39, 0.29) is 5.41 Å². The predicted molar refractivity (Wildman–Crippen MR) is 97.7 cm³/mol. The number of hydrogen-bond donors (Lipinski definition) is 0. The summed E-state index contributed by atoms with van der Waals surface area (Å²) < 4.78 is 12.9. The molecule has 0 N–H and O–H groups in total. The van der Waals surface area contributed by atoms with E-state index in [0.717, 1.165) is 18.6 Å². The van der Waals surface area contributed by atoms with Crippen molar-refractivity contribution in [1.29, 1.82) is 0 Å². The van der Waals surface area contributed by atoms with Crippen LogP contribution in [0.3, 0.4) is 0 Å². The summed E-state index contributed by atoms with van der Waals surface area (Å²) >= 11 is 0. The fourth-order valence-corrected chi connectivity index (χ4v) is 4.56. The molecule has 25 heavy (non-hydrogen) atoms. The van der Waals surface area contributed by atoms with Crippen LogP contribution in [0.4, 0.5) is 0 Å². The van der Waals surface area contributed by atoms with Gasteiger partial charge in [0.15, 0.2) is 0 Å². The third-order valence-electron chi connectivity index (χ3n) is 5.67. The predicted octanol–water partition coefficient (Wildman–Crippen LogP) is 4.72. The molecule has 1 spiro atoms. The molecule has 0 aliphatic carbocycles. The van der Waals surface area contributed by atoms with E-state index in [2.05, 4.69) is 72.8 Å². The Labute approximate surface area is 148 Å². The third-order valence-corrected chi connectivity index (χ3v) is 5.67. The molecule has 0 bridgehead atoms. The first-order valence-corrected chi connectivity index (χ1v) is 8.86. The molecule has 2 heteroatoms. The topological polar surface area (TPSA) is 18.5 Å². The molecule has 0 saturated carbocycles. The third kappa shape index (κ3) is 2.01. The second-order valence-electron chi connectivity index (χ2n) is 6.88. The molecule has 3 aromatic carbocycles. The normalized spacial score (nSPS) is 23.4. The van der Waals surface area contributed by atoms with Crippen LogP contribution >= 0.6 is 0 Å². The minimum absolute atomic E-state index is 0.311. The Hall–Kier alpha value is -2.58. The van der Waals surface area contributed by atoms with Gasteiger partial charge >= 0.3 is 0 Å². The first-order valence-electron chi connectivity index (χ1n) is 8.86. The lowest BCUT2D eigenvalue weighted by atomic mass is 9.66. The summed E-state index contributed by atoms with van der Waals surface area (Å²) in [4.78, 5) is 0. The quantitative estimate of drug-likeness (QED) is 0.677. The summed E-state index contributed by atoms with van der Waals surface area (Å²) in [7, 11) is 0. The number of ether oxygens (including phenoxy) is 2. The Morgan fingerprint density at radius 2 is 1.28 bits per heavy atom. The summed E-state index contributed by atoms with van der Waals surface area (Å²) in [5.74, 6) is 0.264. The Morgan fingerprint density at radius 3 is 1.92 bits per heavy atom. The van der Waals surface area contributed by atoms with Gasteiger partial charge < -0.3 is 9.47 Å². The van der Waals surface area contributed by atoms with Crippen LogP contribution in [0.2, 0.25) is 0 Å². The van der Waals surface area contributed by atoms with Gasteiger partial charge in [0.2, 0.25) is 5.79 Å². The van der Waals surface area contributed by atoms with Gasteiger partial charge in [0, 0.05) is 12.0 Å². The second-order valence-corrected chi connectivity index (χ2v) is 6.88. The smallest absolute Gasteiger partial charge is 0.228 e. The van der Waals surface area contributed by atoms with E-state index in [1.165, 1.54) is 16.7 Å². The van der Waals surface area contributed by atoms with Crippen molar-refractivity contribution in [2.75, 3.05) is 6.61 Å². The Bertz CT molecular complexity index is 822. The molecule has 2 nitrogen and oxygen atoms in total. The van der Waals surface area contributed by atoms with Gasteiger partial charge in [-0.15, -0.1) is 0 Å². The largest absolute Gasteiger partial charge is 0.460 e. The molecule has 2 aliphatic heterocycles. The van der Waals surface area contributed by atoms with Crippen molar-refractivity contribution >= 4 is 0 Å². The van der Waals surface area contributed by atoms with Crippen LogP contribution in [-0.2, 0) is 16.6 Å². The molecule has 1 fully saturated rings. The number of para-hydroxylation sites is 1. The van der Waals surface area contributed by atoms with Gasteiger partial charge in [-0.3, -0.25) is 0 Å². The Balaban J connectivity index is 1.74. The highest BCUT2D eigenvalue weighted by Crippen LogP contribution is 2.56. The van der Waals surface area contributed by atoms with E-state index in [0.29, 0.717) is 6.61 Å². The minimum atomic E-state index is -0.681. The fraction of sp³-hybridized carbons (Fsp3) is 0.217. The molecule has 0 amide bonds. The van der Waals surface area contributed by atoms with E-state index >= 15 is 0 Å². The fourth-order valence-electron chi connectivity index (χ4n) is 4.56. The van der Waals surface area contributed by atoms with E-state index < -0.39 is 5.79 Å². The molecular formula is C23H20O2. The molecule has 2 heterocycles. The van der Waals surface area contributed by atoms with Crippen molar-refractivity contribution in [3.05, 3.63) is 102 Å². The van der Waals surface area contributed by atoms with Crippen molar-refractivity contribution in [1.82, 2.24) is 0 Å². The number of hydrogen-bond acceptors (Lipinski definition) is 2. The van der Waals surface area contributed by atoms with Gasteiger partial charge in [-0.1, -0.05) is 78.9 Å². The average Bonchev–Trinajstić information content (AvgIpc) is 3.24. The van der Waals surface area contributed by atoms with Crippen molar-refractivity contribution in [3.63, 3.8) is 0 Å². The molecule has 1 unspecified atom stereocenters. The van der Waals surface area contributed by atoms with Crippen molar-refractivity contribution in [2.24, 2.45) is 0 Å². The zero-order chi connectivity index (χ0) is 16.7. The number of benzene rings is 3. The minimum Gasteiger partial charge on any atom is -0.460 e. The van der Waals surface area contributed by atoms with Crippen LogP contribution in [-0.4, -0.2) is 12.4 Å². The number of rotatable bonds is 2. The maximum absolute atomic E-state index is 6.56. The highest BCUT2D eigenvalue weighted by atomic mass is 16.7. The van der Waals surface area contributed by atoms with Crippen molar-refractivity contribution < 1.29 is 9.47 Å². The molecule has 1 saturated heterocycles. The molecule has 2 aliphatic rings. The molecule has 0 aromatic heterocycles. The molecule has 1 atom stereocenters. The van der Waals surface area contributed by atoms with Gasteiger partial charge in [0.25, 0.3) is 0 Å². The summed E-state index contributed by atoms with van der Waals surface area (Å²) in [5.41, 5.74) is 3.42. The van der Waals surface area contributed by atoms with Gasteiger partial charge in [0.05, 0.1) is 12.0 Å². The molecular weight excluding hydrogens is 308 g/mol. The van der Waals surface area contributed by atoms with E-state index in [9.17, 15) is 0 Å². The maximum atomic E-state index is 6.56. The van der Waals surface area contributed by atoms with Crippen molar-refractivity contribution in [2.45, 2.75) is 24.0 Å². The zero-order valence-electron chi connectivity index (χ0n) is 14.0. The number of fused-ring (bicyclic) bond motifs is 1. The molecule has 3 aromatic rings. The summed E-state index contributed by atoms with van der Waals surface area (Å²) in [5, 5.41) is 0. The SMILES string of the molecule is c1ccc(C2(c3ccccc3)CCOC23Cc2ccccc2O3)cc1. The van der Waals surface area contributed by atoms with E-state index in [4.69, 9.17) is 9.47 Å². The maximum Gasteiger partial charge on any atom is 0.228 e. The summed E-state index contributed by atoms with van der Waals surface area (Å²) in [6, 6.07) is 29.7. The second kappa shape index (κ2) is 5.47. The average molecular weight is 328 g/mol. The highest BCUT2D eigenvalue weighted by Gasteiger charge is 2.62. The van der Waals surface area contributed by atoms with Gasteiger partial charge in [-0.2, -0.15) is 0 Å². The highest BCUT2D eigenvalue weighted by molar-refractivity contribution is 5.49. The van der Waals surface area contributed by atoms with E-state index in [1.54, 1.807) is 0 Å². The van der Waals surface area contributed by atoms with Gasteiger partial charge in [-0.05, 0) is 23.6 Å². The lowest BCUT2D eigenvalue weighted by Gasteiger charge is -2.42. The Kier molecular flexibility index (Phi) is 3.22. The van der Waals surface area contributed by atoms with Gasteiger partial charge in [-0.25, -0.2) is 0 Å². The summed E-state index contributed by atoms with van der Waals surface area (Å²) in [6.45, 7) is 0.692. The van der Waals surface area contributed by atoms with Crippen LogP contribution < -0.4 is 4.74 Å². The van der Waals surface area contributed by atoms with Crippen molar-refractivity contribution in [3.8, 4) is 5.75 Å². The van der Waals surface area contributed by atoms with Gasteiger partial charge in [0.1, 0.15) is 5.75 Å². The zero-order valence-corrected chi connectivity index (χ0v) is 14.0.